The minimum atomic E-state index is 0.00765. The Balaban J connectivity index is 1.13. The van der Waals surface area contributed by atoms with Gasteiger partial charge in [-0.1, -0.05) is 153 Å². The monoisotopic (exact) mass is 664 g/mol. The topological polar surface area (TPSA) is 13.1 Å². The van der Waals surface area contributed by atoms with E-state index >= 15 is 0 Å². The molecule has 0 atom stereocenters. The van der Waals surface area contributed by atoms with Crippen molar-refractivity contribution in [1.82, 2.24) is 0 Å². The largest absolute Gasteiger partial charge is 0.455 e. The van der Waals surface area contributed by atoms with Crippen molar-refractivity contribution in [3.63, 3.8) is 0 Å². The first-order chi connectivity index (χ1) is 25.6. The fourth-order valence-electron chi connectivity index (χ4n) is 9.60. The van der Waals surface area contributed by atoms with E-state index in [1.807, 2.05) is 0 Å². The second-order valence-electron chi connectivity index (χ2n) is 15.1. The van der Waals surface area contributed by atoms with E-state index in [2.05, 4.69) is 172 Å². The van der Waals surface area contributed by atoms with Gasteiger partial charge in [-0.2, -0.15) is 0 Å². The Bertz CT molecular complexity index is 2980. The predicted octanol–water partition coefficient (Wildman–Crippen LogP) is 14.3. The van der Waals surface area contributed by atoms with Crippen LogP contribution in [0.1, 0.15) is 43.4 Å². The summed E-state index contributed by atoms with van der Waals surface area (Å²) in [5.74, 6) is 0. The van der Waals surface area contributed by atoms with Crippen LogP contribution >= 0.6 is 0 Å². The van der Waals surface area contributed by atoms with Crippen LogP contribution in [0.3, 0.4) is 0 Å². The lowest BCUT2D eigenvalue weighted by atomic mass is 9.78. The van der Waals surface area contributed by atoms with E-state index in [-0.39, 0.29) is 5.41 Å². The molecule has 8 aromatic carbocycles. The maximum absolute atomic E-state index is 6.66. The molecule has 1 nitrogen and oxygen atoms in total. The average Bonchev–Trinajstić information content (AvgIpc) is 3.69. The van der Waals surface area contributed by atoms with Crippen molar-refractivity contribution < 1.29 is 4.42 Å². The highest BCUT2D eigenvalue weighted by atomic mass is 16.3. The molecule has 246 valence electrons. The van der Waals surface area contributed by atoms with E-state index < -0.39 is 0 Å². The van der Waals surface area contributed by atoms with E-state index in [0.717, 1.165) is 34.8 Å². The van der Waals surface area contributed by atoms with Gasteiger partial charge in [-0.15, -0.1) is 0 Å². The van der Waals surface area contributed by atoms with Crippen LogP contribution < -0.4 is 0 Å². The highest BCUT2D eigenvalue weighted by molar-refractivity contribution is 6.27. The third kappa shape index (κ3) is 4.11. The number of hydrogen-bond donors (Lipinski definition) is 0. The molecule has 0 amide bonds. The highest BCUT2D eigenvalue weighted by Gasteiger charge is 2.37. The fourth-order valence-corrected chi connectivity index (χ4v) is 9.60. The summed E-state index contributed by atoms with van der Waals surface area (Å²) in [6.07, 6.45) is 4.64. The third-order valence-corrected chi connectivity index (χ3v) is 12.0. The quantitative estimate of drug-likeness (QED) is 0.171. The number of rotatable bonds is 3. The summed E-state index contributed by atoms with van der Waals surface area (Å²) in [5.41, 5.74) is 15.5. The summed E-state index contributed by atoms with van der Waals surface area (Å²) in [6.45, 7) is 4.78. The second kappa shape index (κ2) is 10.9. The molecule has 0 saturated heterocycles. The van der Waals surface area contributed by atoms with Crippen molar-refractivity contribution in [1.29, 1.82) is 0 Å². The van der Waals surface area contributed by atoms with Crippen molar-refractivity contribution in [2.24, 2.45) is 0 Å². The molecule has 0 aliphatic heterocycles. The molecule has 0 bridgehead atoms. The molecule has 0 saturated carbocycles. The van der Waals surface area contributed by atoms with Crippen LogP contribution in [0.15, 0.2) is 168 Å². The van der Waals surface area contributed by atoms with Gasteiger partial charge in [0.1, 0.15) is 11.2 Å². The molecule has 52 heavy (non-hydrogen) atoms. The maximum Gasteiger partial charge on any atom is 0.143 e. The van der Waals surface area contributed by atoms with Crippen molar-refractivity contribution in [3.05, 3.63) is 180 Å². The predicted molar refractivity (Wildman–Crippen MR) is 221 cm³/mol. The number of fused-ring (bicyclic) bond motifs is 9. The molecule has 9 aromatic rings. The van der Waals surface area contributed by atoms with Crippen LogP contribution in [0.5, 0.6) is 0 Å². The molecular weight excluding hydrogens is 629 g/mol. The standard InChI is InChI=1S/C51H36O/c1-51(2)44-23-10-9-17-36(44)37-27-26-33(30-45(37)51)32-14-11-15-34(29-32)47-38-18-5-7-20-40(38)48(41-21-8-6-19-39(41)47)42-22-12-24-46-49(42)43-28-25-31-13-3-4-16-35(31)50(43)52-46/h3-25,28-30H,26-27H2,1-2H3. The molecule has 2 aliphatic carbocycles. The summed E-state index contributed by atoms with van der Waals surface area (Å²) in [4.78, 5) is 0. The van der Waals surface area contributed by atoms with Crippen molar-refractivity contribution in [2.45, 2.75) is 32.1 Å². The van der Waals surface area contributed by atoms with E-state index in [9.17, 15) is 0 Å². The Labute approximate surface area is 303 Å². The normalized spacial score (nSPS) is 15.2. The highest BCUT2D eigenvalue weighted by Crippen LogP contribution is 2.52. The molecule has 2 aliphatic rings. The van der Waals surface area contributed by atoms with Gasteiger partial charge in [0.2, 0.25) is 0 Å². The van der Waals surface area contributed by atoms with E-state index in [1.54, 1.807) is 0 Å². The first-order valence-electron chi connectivity index (χ1n) is 18.5. The molecule has 0 spiro atoms. The van der Waals surface area contributed by atoms with Crippen LogP contribution in [0.25, 0.3) is 87.7 Å². The molecule has 11 rings (SSSR count). The Morgan fingerprint density at radius 3 is 1.92 bits per heavy atom. The Hall–Kier alpha value is -6.18. The van der Waals surface area contributed by atoms with Crippen LogP contribution in [0.4, 0.5) is 0 Å². The van der Waals surface area contributed by atoms with Crippen LogP contribution in [0.2, 0.25) is 0 Å². The van der Waals surface area contributed by atoms with Gasteiger partial charge in [-0.25, -0.2) is 0 Å². The molecule has 0 unspecified atom stereocenters. The fraction of sp³-hybridized carbons (Fsp3) is 0.0980. The van der Waals surface area contributed by atoms with E-state index in [4.69, 9.17) is 4.42 Å². The zero-order chi connectivity index (χ0) is 34.6. The second-order valence-corrected chi connectivity index (χ2v) is 15.1. The zero-order valence-corrected chi connectivity index (χ0v) is 29.3. The van der Waals surface area contributed by atoms with Crippen molar-refractivity contribution in [3.8, 4) is 22.3 Å². The molecule has 0 radical (unpaired) electrons. The summed E-state index contributed by atoms with van der Waals surface area (Å²) in [7, 11) is 0. The molecule has 0 fully saturated rings. The Morgan fingerprint density at radius 2 is 1.13 bits per heavy atom. The van der Waals surface area contributed by atoms with E-state index in [0.29, 0.717) is 0 Å². The number of furan rings is 1. The average molecular weight is 665 g/mol. The summed E-state index contributed by atoms with van der Waals surface area (Å²) in [5, 5.41) is 9.69. The van der Waals surface area contributed by atoms with E-state index in [1.165, 1.54) is 88.0 Å². The van der Waals surface area contributed by atoms with Gasteiger partial charge in [0.15, 0.2) is 0 Å². The third-order valence-electron chi connectivity index (χ3n) is 12.0. The molecular formula is C51H36O. The van der Waals surface area contributed by atoms with Gasteiger partial charge in [0.25, 0.3) is 0 Å². The Kier molecular flexibility index (Phi) is 6.20. The van der Waals surface area contributed by atoms with Gasteiger partial charge in [0, 0.05) is 21.6 Å². The minimum Gasteiger partial charge on any atom is -0.455 e. The van der Waals surface area contributed by atoms with Crippen LogP contribution in [-0.4, -0.2) is 0 Å². The number of allylic oxidation sites excluding steroid dienone is 4. The van der Waals surface area contributed by atoms with Crippen LogP contribution in [0, 0.1) is 0 Å². The number of benzene rings is 8. The first-order valence-corrected chi connectivity index (χ1v) is 18.5. The maximum atomic E-state index is 6.66. The SMILES string of the molecule is CC1(C)C2=C(CCC(c3cccc(-c4c5ccccc5c(-c5cccc6oc7c8ccccc8ccc7c56)c5ccccc45)c3)=C2)c2ccccc21. The van der Waals surface area contributed by atoms with Gasteiger partial charge < -0.3 is 4.42 Å². The molecule has 1 aromatic heterocycles. The van der Waals surface area contributed by atoms with Crippen molar-refractivity contribution in [2.75, 3.05) is 0 Å². The first kappa shape index (κ1) is 29.5. The molecule has 0 N–H and O–H groups in total. The van der Waals surface area contributed by atoms with Gasteiger partial charge in [-0.3, -0.25) is 0 Å². The summed E-state index contributed by atoms with van der Waals surface area (Å²) >= 11 is 0. The molecule has 1 heterocycles. The molecule has 1 heteroatoms. The van der Waals surface area contributed by atoms with Gasteiger partial charge in [-0.05, 0) is 114 Å². The number of hydrogen-bond acceptors (Lipinski definition) is 1. The summed E-state index contributed by atoms with van der Waals surface area (Å²) in [6, 6.07) is 55.8. The van der Waals surface area contributed by atoms with Gasteiger partial charge in [0.05, 0.1) is 0 Å². The summed E-state index contributed by atoms with van der Waals surface area (Å²) < 4.78 is 6.66. The van der Waals surface area contributed by atoms with Gasteiger partial charge >= 0.3 is 0 Å². The lowest BCUT2D eigenvalue weighted by Crippen LogP contribution is -2.17. The smallest absolute Gasteiger partial charge is 0.143 e. The Morgan fingerprint density at radius 1 is 0.500 bits per heavy atom. The minimum absolute atomic E-state index is 0.00765. The lowest BCUT2D eigenvalue weighted by Gasteiger charge is -2.26. The van der Waals surface area contributed by atoms with Crippen molar-refractivity contribution >= 4 is 65.4 Å². The zero-order valence-electron chi connectivity index (χ0n) is 29.3. The lowest BCUT2D eigenvalue weighted by molar-refractivity contribution is 0.652. The van der Waals surface area contributed by atoms with Crippen LogP contribution in [-0.2, 0) is 5.41 Å².